The molecule has 2 amide bonds. The zero-order valence-corrected chi connectivity index (χ0v) is 16.6. The fourth-order valence-corrected chi connectivity index (χ4v) is 2.80. The zero-order chi connectivity index (χ0) is 20.8. The minimum Gasteiger partial charge on any atom is -0.343 e. The van der Waals surface area contributed by atoms with Crippen molar-refractivity contribution in [3.8, 4) is 5.69 Å². The summed E-state index contributed by atoms with van der Waals surface area (Å²) in [7, 11) is 0. The number of rotatable bonds is 6. The zero-order valence-electron chi connectivity index (χ0n) is 16.6. The van der Waals surface area contributed by atoms with E-state index in [1.165, 1.54) is 23.5 Å². The summed E-state index contributed by atoms with van der Waals surface area (Å²) in [6.45, 7) is 5.99. The Bertz CT molecular complexity index is 1040. The number of aromatic nitrogens is 3. The Morgan fingerprint density at radius 1 is 1.03 bits per heavy atom. The van der Waals surface area contributed by atoms with Crippen LogP contribution in [-0.2, 0) is 9.59 Å². The number of carbonyl (C=O) groups excluding carboxylic acids is 2. The number of nitrogens with zero attached hydrogens (tertiary/aromatic N) is 3. The summed E-state index contributed by atoms with van der Waals surface area (Å²) in [6.07, 6.45) is 6.25. The molecule has 1 heterocycles. The summed E-state index contributed by atoms with van der Waals surface area (Å²) in [6, 6.07) is 11.3. The first-order valence-electron chi connectivity index (χ1n) is 9.21. The van der Waals surface area contributed by atoms with Gasteiger partial charge in [-0.05, 0) is 73.4 Å². The summed E-state index contributed by atoms with van der Waals surface area (Å²) in [5, 5.41) is 9.38. The van der Waals surface area contributed by atoms with E-state index in [0.717, 1.165) is 16.8 Å². The van der Waals surface area contributed by atoms with Crippen LogP contribution in [0.3, 0.4) is 0 Å². The largest absolute Gasteiger partial charge is 0.343 e. The van der Waals surface area contributed by atoms with E-state index in [9.17, 15) is 9.59 Å². The fourth-order valence-electron chi connectivity index (χ4n) is 2.80. The number of amides is 2. The number of hydrogen-bond acceptors (Lipinski definition) is 4. The number of nitrogens with one attached hydrogen (secondary N) is 2. The van der Waals surface area contributed by atoms with Crippen LogP contribution in [0.2, 0.25) is 0 Å². The van der Waals surface area contributed by atoms with Crippen LogP contribution < -0.4 is 10.6 Å². The average molecular weight is 389 g/mol. The minimum atomic E-state index is -0.320. The van der Waals surface area contributed by atoms with Crippen LogP contribution in [0, 0.1) is 20.8 Å². The number of carbonyl (C=O) groups is 2. The molecule has 0 unspecified atom stereocenters. The van der Waals surface area contributed by atoms with Gasteiger partial charge in [-0.2, -0.15) is 5.10 Å². The quantitative estimate of drug-likeness (QED) is 0.635. The van der Waals surface area contributed by atoms with Crippen molar-refractivity contribution in [3.05, 3.63) is 77.4 Å². The predicted molar refractivity (Wildman–Crippen MR) is 113 cm³/mol. The summed E-state index contributed by atoms with van der Waals surface area (Å²) >= 11 is 0. The molecule has 3 rings (SSSR count). The van der Waals surface area contributed by atoms with Gasteiger partial charge in [0.15, 0.2) is 0 Å². The smallest absolute Gasteiger partial charge is 0.244 e. The van der Waals surface area contributed by atoms with Gasteiger partial charge in [0.2, 0.25) is 11.8 Å². The molecule has 0 aliphatic rings. The SMILES string of the molecule is Cc1cc(C)c(/C=C/C(=O)NCC(=O)Nc2ccc(-n3cncn3)cc2)cc1C. The van der Waals surface area contributed by atoms with Gasteiger partial charge in [-0.3, -0.25) is 9.59 Å². The Balaban J connectivity index is 1.50. The van der Waals surface area contributed by atoms with Crippen LogP contribution in [0.4, 0.5) is 5.69 Å². The van der Waals surface area contributed by atoms with Gasteiger partial charge in [0.25, 0.3) is 0 Å². The molecular formula is C22H23N5O2. The highest BCUT2D eigenvalue weighted by molar-refractivity contribution is 5.98. The van der Waals surface area contributed by atoms with Crippen LogP contribution in [0.25, 0.3) is 11.8 Å². The van der Waals surface area contributed by atoms with Gasteiger partial charge >= 0.3 is 0 Å². The topological polar surface area (TPSA) is 88.9 Å². The molecule has 2 N–H and O–H groups in total. The van der Waals surface area contributed by atoms with Crippen LogP contribution in [-0.4, -0.2) is 33.1 Å². The van der Waals surface area contributed by atoms with Crippen LogP contribution >= 0.6 is 0 Å². The van der Waals surface area contributed by atoms with E-state index < -0.39 is 0 Å². The highest BCUT2D eigenvalue weighted by atomic mass is 16.2. The molecule has 29 heavy (non-hydrogen) atoms. The van der Waals surface area contributed by atoms with Gasteiger partial charge in [0, 0.05) is 11.8 Å². The Hall–Kier alpha value is -3.74. The molecule has 0 aliphatic heterocycles. The van der Waals surface area contributed by atoms with Crippen molar-refractivity contribution in [2.75, 3.05) is 11.9 Å². The molecule has 148 valence electrons. The minimum absolute atomic E-state index is 0.111. The third kappa shape index (κ3) is 5.38. The molecule has 0 aliphatic carbocycles. The van der Waals surface area contributed by atoms with Crippen LogP contribution in [0.15, 0.2) is 55.1 Å². The fraction of sp³-hybridized carbons (Fsp3) is 0.182. The van der Waals surface area contributed by atoms with Gasteiger partial charge in [-0.25, -0.2) is 9.67 Å². The van der Waals surface area contributed by atoms with Crippen molar-refractivity contribution >= 4 is 23.6 Å². The molecule has 0 fully saturated rings. The first-order valence-corrected chi connectivity index (χ1v) is 9.21. The van der Waals surface area contributed by atoms with E-state index in [-0.39, 0.29) is 18.4 Å². The van der Waals surface area contributed by atoms with Gasteiger partial charge < -0.3 is 10.6 Å². The van der Waals surface area contributed by atoms with E-state index in [0.29, 0.717) is 5.69 Å². The Morgan fingerprint density at radius 3 is 2.45 bits per heavy atom. The molecule has 1 aromatic heterocycles. The number of aryl methyl sites for hydroxylation is 3. The maximum atomic E-state index is 12.1. The molecule has 0 saturated carbocycles. The summed E-state index contributed by atoms with van der Waals surface area (Å²) in [5.74, 6) is -0.623. The Morgan fingerprint density at radius 2 is 1.76 bits per heavy atom. The highest BCUT2D eigenvalue weighted by Gasteiger charge is 2.05. The first kappa shape index (κ1) is 20.0. The molecule has 0 spiro atoms. The number of anilines is 1. The van der Waals surface area contributed by atoms with Gasteiger partial charge in [-0.15, -0.1) is 0 Å². The Kier molecular flexibility index (Phi) is 6.19. The number of benzene rings is 2. The lowest BCUT2D eigenvalue weighted by Gasteiger charge is -2.07. The summed E-state index contributed by atoms with van der Waals surface area (Å²) in [4.78, 5) is 28.0. The number of hydrogen-bond donors (Lipinski definition) is 2. The van der Waals surface area contributed by atoms with Crippen molar-refractivity contribution in [1.82, 2.24) is 20.1 Å². The Labute approximate surface area is 169 Å². The molecule has 0 radical (unpaired) electrons. The summed E-state index contributed by atoms with van der Waals surface area (Å²) in [5.41, 5.74) is 5.94. The second-order valence-corrected chi connectivity index (χ2v) is 6.78. The third-order valence-electron chi connectivity index (χ3n) is 4.55. The second-order valence-electron chi connectivity index (χ2n) is 6.78. The van der Waals surface area contributed by atoms with Gasteiger partial charge in [-0.1, -0.05) is 12.1 Å². The molecule has 7 heteroatoms. The molecular weight excluding hydrogens is 366 g/mol. The lowest BCUT2D eigenvalue weighted by Crippen LogP contribution is -2.31. The van der Waals surface area contributed by atoms with Crippen molar-refractivity contribution in [2.45, 2.75) is 20.8 Å². The standard InChI is InChI=1S/C22H23N5O2/c1-15-10-17(3)18(11-16(15)2)4-9-21(28)24-12-22(29)26-19-5-7-20(8-6-19)27-14-23-13-25-27/h4-11,13-14H,12H2,1-3H3,(H,24,28)(H,26,29)/b9-4+. The monoisotopic (exact) mass is 389 g/mol. The van der Waals surface area contributed by atoms with Crippen molar-refractivity contribution in [2.24, 2.45) is 0 Å². The lowest BCUT2D eigenvalue weighted by molar-refractivity contribution is -0.121. The predicted octanol–water partition coefficient (Wildman–Crippen LogP) is 2.96. The van der Waals surface area contributed by atoms with Crippen LogP contribution in [0.5, 0.6) is 0 Å². The summed E-state index contributed by atoms with van der Waals surface area (Å²) < 4.78 is 1.62. The third-order valence-corrected chi connectivity index (χ3v) is 4.55. The molecule has 0 saturated heterocycles. The maximum absolute atomic E-state index is 12.1. The first-order chi connectivity index (χ1) is 13.9. The van der Waals surface area contributed by atoms with Gasteiger partial charge in [0.05, 0.1) is 12.2 Å². The molecule has 0 atom stereocenters. The van der Waals surface area contributed by atoms with Crippen LogP contribution in [0.1, 0.15) is 22.3 Å². The van der Waals surface area contributed by atoms with E-state index in [1.54, 1.807) is 29.2 Å². The van der Waals surface area contributed by atoms with Gasteiger partial charge in [0.1, 0.15) is 12.7 Å². The van der Waals surface area contributed by atoms with Crippen molar-refractivity contribution in [1.29, 1.82) is 0 Å². The van der Waals surface area contributed by atoms with Crippen molar-refractivity contribution in [3.63, 3.8) is 0 Å². The maximum Gasteiger partial charge on any atom is 0.244 e. The normalized spacial score (nSPS) is 10.9. The molecule has 3 aromatic rings. The molecule has 7 nitrogen and oxygen atoms in total. The van der Waals surface area contributed by atoms with Crippen molar-refractivity contribution < 1.29 is 9.59 Å². The molecule has 0 bridgehead atoms. The van der Waals surface area contributed by atoms with E-state index in [1.807, 2.05) is 32.0 Å². The van der Waals surface area contributed by atoms with E-state index >= 15 is 0 Å². The molecule has 2 aromatic carbocycles. The van der Waals surface area contributed by atoms with E-state index in [4.69, 9.17) is 0 Å². The highest BCUT2D eigenvalue weighted by Crippen LogP contribution is 2.16. The van der Waals surface area contributed by atoms with E-state index in [2.05, 4.69) is 33.7 Å². The average Bonchev–Trinajstić information content (AvgIpc) is 3.23. The second kappa shape index (κ2) is 8.97. The lowest BCUT2D eigenvalue weighted by atomic mass is 10.0.